The molecule has 2 saturated carbocycles. The molecule has 370 valence electrons. The number of hydrazone groups is 2. The molecule has 2 atom stereocenters. The maximum Gasteiger partial charge on any atom is 0.307 e. The van der Waals surface area contributed by atoms with Gasteiger partial charge < -0.3 is 20.5 Å². The molecule has 18 heteroatoms. The Kier molecular flexibility index (Phi) is 16.9. The fourth-order valence-corrected chi connectivity index (χ4v) is 10.1. The van der Waals surface area contributed by atoms with Gasteiger partial charge in [-0.15, -0.1) is 21.3 Å². The van der Waals surface area contributed by atoms with Gasteiger partial charge in [0.1, 0.15) is 6.61 Å². The van der Waals surface area contributed by atoms with Gasteiger partial charge in [0.05, 0.1) is 35.8 Å². The number of nitrogens with zero attached hydrogens (tertiary/aromatic N) is 2. The van der Waals surface area contributed by atoms with E-state index < -0.39 is 28.9 Å². The van der Waals surface area contributed by atoms with Gasteiger partial charge >= 0.3 is 11.9 Å². The predicted octanol–water partition coefficient (Wildman–Crippen LogP) is 7.65. The number of amides is 2. The van der Waals surface area contributed by atoms with Crippen LogP contribution in [0.3, 0.4) is 0 Å². The smallest absolute Gasteiger partial charge is 0.307 e. The third kappa shape index (κ3) is 13.5. The van der Waals surface area contributed by atoms with Crippen LogP contribution < -0.4 is 43.6 Å². The standard InChI is InChI=1S/C30H32ClN5O3.C23H26ClN5O3/c31-25-10-6-9-24(18-25)23-13-11-21(12-14-23)17-26(28-33-35-36-34-28)32-29(38)30(15-4-5-16-30)19-27(37)39-20-22-7-2-1-3-8-22;24-18-5-3-4-17(13-18)16-8-6-15(7-9-16)12-19(21-26-28-29-27-21)25-22(32)23(14-20(30)31)10-1-2-11-23/h1-3,6-14,18,26,35-36H,4-5,15-17,19-20H2,(H,32,38)(H,33,34);3-9,13,19,28-29H,1-2,10-12,14H2,(H,25,32)(H,26,27)(H,30,31)/t26-;19-/m00/s1. The third-order valence-corrected chi connectivity index (χ3v) is 14.0. The molecule has 0 spiro atoms. The number of carboxylic acid groups (broad SMARTS) is 1. The second-order valence-corrected chi connectivity index (χ2v) is 19.3. The fourth-order valence-electron chi connectivity index (χ4n) is 9.70. The minimum Gasteiger partial charge on any atom is -0.481 e. The number of rotatable bonds is 18. The van der Waals surface area contributed by atoms with Crippen molar-refractivity contribution >= 4 is 58.6 Å². The number of aliphatic carboxylic acids is 1. The van der Waals surface area contributed by atoms with Crippen LogP contribution in [0.5, 0.6) is 0 Å². The first-order valence-corrected chi connectivity index (χ1v) is 24.6. The van der Waals surface area contributed by atoms with Crippen molar-refractivity contribution in [1.82, 2.24) is 43.6 Å². The monoisotopic (exact) mass is 1000 g/mol. The van der Waals surface area contributed by atoms with Crippen molar-refractivity contribution < 1.29 is 29.0 Å². The lowest BCUT2D eigenvalue weighted by atomic mass is 9.81. The largest absolute Gasteiger partial charge is 0.481 e. The second kappa shape index (κ2) is 23.8. The lowest BCUT2D eigenvalue weighted by Crippen LogP contribution is -2.53. The van der Waals surface area contributed by atoms with Crippen LogP contribution in [0.15, 0.2) is 138 Å². The molecule has 2 heterocycles. The summed E-state index contributed by atoms with van der Waals surface area (Å²) < 4.78 is 5.54. The molecule has 2 fully saturated rings. The van der Waals surface area contributed by atoms with Gasteiger partial charge in [0.15, 0.2) is 11.7 Å². The number of hydrogen-bond donors (Lipinski definition) is 9. The van der Waals surface area contributed by atoms with Crippen LogP contribution in [0.4, 0.5) is 0 Å². The molecule has 5 aromatic carbocycles. The summed E-state index contributed by atoms with van der Waals surface area (Å²) >= 11 is 12.3. The van der Waals surface area contributed by atoms with Gasteiger partial charge in [-0.1, -0.05) is 152 Å². The minimum atomic E-state index is -0.949. The van der Waals surface area contributed by atoms with Crippen LogP contribution in [-0.4, -0.2) is 52.6 Å². The van der Waals surface area contributed by atoms with Gasteiger partial charge in [-0.2, -0.15) is 0 Å². The number of halogens is 2. The summed E-state index contributed by atoms with van der Waals surface area (Å²) in [6, 6.07) is 40.3. The molecule has 4 aliphatic rings. The first kappa shape index (κ1) is 50.4. The van der Waals surface area contributed by atoms with E-state index in [0.717, 1.165) is 64.6 Å². The highest BCUT2D eigenvalue weighted by molar-refractivity contribution is 6.31. The second-order valence-electron chi connectivity index (χ2n) is 18.5. The molecule has 0 bridgehead atoms. The van der Waals surface area contributed by atoms with E-state index in [0.29, 0.717) is 60.2 Å². The molecule has 0 radical (unpaired) electrons. The predicted molar refractivity (Wildman–Crippen MR) is 274 cm³/mol. The van der Waals surface area contributed by atoms with Crippen LogP contribution in [-0.2, 0) is 43.4 Å². The van der Waals surface area contributed by atoms with E-state index in [-0.39, 0.29) is 37.2 Å². The summed E-state index contributed by atoms with van der Waals surface area (Å²) in [5, 5.41) is 25.4. The number of carbonyl (C=O) groups is 4. The van der Waals surface area contributed by atoms with E-state index in [9.17, 15) is 24.3 Å². The van der Waals surface area contributed by atoms with Crippen LogP contribution in [0.2, 0.25) is 10.0 Å². The zero-order chi connectivity index (χ0) is 49.6. The molecule has 71 heavy (non-hydrogen) atoms. The number of carbonyl (C=O) groups excluding carboxylic acids is 3. The van der Waals surface area contributed by atoms with E-state index in [1.807, 2.05) is 127 Å². The highest BCUT2D eigenvalue weighted by Crippen LogP contribution is 2.43. The summed E-state index contributed by atoms with van der Waals surface area (Å²) in [4.78, 5) is 51.2. The Morgan fingerprint density at radius 2 is 1.01 bits per heavy atom. The molecule has 2 amide bonds. The molecule has 0 unspecified atom stereocenters. The number of benzene rings is 5. The summed E-state index contributed by atoms with van der Waals surface area (Å²) in [5.74, 6) is -0.565. The Labute approximate surface area is 422 Å². The number of ether oxygens (including phenoxy) is 1. The molecule has 0 saturated heterocycles. The van der Waals surface area contributed by atoms with Crippen molar-refractivity contribution in [1.29, 1.82) is 0 Å². The number of hydrogen-bond acceptors (Lipinski definition) is 13. The van der Waals surface area contributed by atoms with Crippen molar-refractivity contribution in [3.63, 3.8) is 0 Å². The number of nitrogens with one attached hydrogen (secondary N) is 8. The summed E-state index contributed by atoms with van der Waals surface area (Å²) in [5.41, 5.74) is 22.1. The van der Waals surface area contributed by atoms with Crippen LogP contribution in [0.25, 0.3) is 22.3 Å². The van der Waals surface area contributed by atoms with E-state index in [1.165, 1.54) is 0 Å². The Morgan fingerprint density at radius 3 is 1.42 bits per heavy atom. The molecular weight excluding hydrogens is 944 g/mol. The van der Waals surface area contributed by atoms with Gasteiger partial charge in [-0.05, 0) is 102 Å². The molecule has 5 aromatic rings. The van der Waals surface area contributed by atoms with Crippen molar-refractivity contribution in [2.24, 2.45) is 21.0 Å². The van der Waals surface area contributed by atoms with Gasteiger partial charge in [-0.25, -0.2) is 11.1 Å². The zero-order valence-electron chi connectivity index (χ0n) is 39.1. The van der Waals surface area contributed by atoms with Crippen molar-refractivity contribution in [3.05, 3.63) is 154 Å². The third-order valence-electron chi connectivity index (χ3n) is 13.5. The molecule has 2 aliphatic carbocycles. The number of esters is 1. The summed E-state index contributed by atoms with van der Waals surface area (Å²) in [6.07, 6.45) is 6.91. The van der Waals surface area contributed by atoms with Gasteiger partial charge in [0.25, 0.3) is 0 Å². The average Bonchev–Trinajstić information content (AvgIpc) is 4.24. The van der Waals surface area contributed by atoms with Crippen LogP contribution >= 0.6 is 23.2 Å². The van der Waals surface area contributed by atoms with Gasteiger partial charge in [-0.3, -0.25) is 30.0 Å². The van der Waals surface area contributed by atoms with Gasteiger partial charge in [0, 0.05) is 10.0 Å². The highest BCUT2D eigenvalue weighted by Gasteiger charge is 2.45. The van der Waals surface area contributed by atoms with E-state index in [4.69, 9.17) is 27.9 Å². The molecule has 0 aromatic heterocycles. The normalized spacial score (nSPS) is 17.0. The van der Waals surface area contributed by atoms with Gasteiger partial charge in [0.2, 0.25) is 11.8 Å². The average molecular weight is 1000 g/mol. The molecule has 16 nitrogen and oxygen atoms in total. The topological polar surface area (TPSA) is 219 Å². The number of amidine groups is 2. The van der Waals surface area contributed by atoms with Crippen molar-refractivity contribution in [2.75, 3.05) is 0 Å². The molecule has 9 rings (SSSR count). The molecule has 9 N–H and O–H groups in total. The van der Waals surface area contributed by atoms with Crippen molar-refractivity contribution in [2.45, 2.75) is 95.7 Å². The van der Waals surface area contributed by atoms with Crippen LogP contribution in [0, 0.1) is 10.8 Å². The first-order valence-electron chi connectivity index (χ1n) is 23.9. The Morgan fingerprint density at radius 1 is 0.563 bits per heavy atom. The maximum absolute atomic E-state index is 13.8. The van der Waals surface area contributed by atoms with E-state index in [1.54, 1.807) is 0 Å². The minimum absolute atomic E-state index is 0.0587. The summed E-state index contributed by atoms with van der Waals surface area (Å²) in [7, 11) is 0. The maximum atomic E-state index is 13.8. The molecular formula is C53H58Cl2N10O6. The zero-order valence-corrected chi connectivity index (χ0v) is 40.6. The number of carboxylic acids is 1. The fraction of sp³-hybridized carbons (Fsp3) is 0.321. The van der Waals surface area contributed by atoms with E-state index in [2.05, 4.69) is 53.8 Å². The Balaban J connectivity index is 0.000000194. The number of hydrazine groups is 4. The Bertz CT molecular complexity index is 2710. The Hall–Kier alpha value is -6.98. The van der Waals surface area contributed by atoms with E-state index >= 15 is 0 Å². The molecule has 2 aliphatic heterocycles. The highest BCUT2D eigenvalue weighted by atomic mass is 35.5. The quantitative estimate of drug-likeness (QED) is 0.0387. The van der Waals surface area contributed by atoms with Crippen LogP contribution in [0.1, 0.15) is 80.9 Å². The SMILES string of the molecule is O=C(CC1(C(=O)N[C@@H](Cc2ccc(-c3cccc(Cl)c3)cc2)C2=NNNN2)CCCC1)OCc1ccccc1.O=C(O)CC1(C(=O)N[C@@H](Cc2ccc(-c3cccc(Cl)c3)cc2)C2=NNNN2)CCCC1. The first-order chi connectivity index (χ1) is 34.5. The lowest BCUT2D eigenvalue weighted by molar-refractivity contribution is -0.151. The lowest BCUT2D eigenvalue weighted by Gasteiger charge is -2.29. The summed E-state index contributed by atoms with van der Waals surface area (Å²) in [6.45, 7) is 0.198. The van der Waals surface area contributed by atoms with Crippen molar-refractivity contribution in [3.8, 4) is 22.3 Å².